The van der Waals surface area contributed by atoms with Crippen molar-refractivity contribution >= 4 is 31.6 Å². The number of hydrogen-bond donors (Lipinski definition) is 0. The fourth-order valence-electron chi connectivity index (χ4n) is 1.63. The van der Waals surface area contributed by atoms with Crippen molar-refractivity contribution in [3.63, 3.8) is 0 Å². The molecule has 0 fully saturated rings. The molecular formula is C14H21F5O8S2. The summed E-state index contributed by atoms with van der Waals surface area (Å²) in [6.45, 7) is 1.63. The van der Waals surface area contributed by atoms with Crippen LogP contribution in [0.25, 0.3) is 0 Å². The van der Waals surface area contributed by atoms with E-state index in [0.29, 0.717) is 6.42 Å². The first-order valence-corrected chi connectivity index (χ1v) is 11.4. The number of carbonyl (C=O) groups is 2. The summed E-state index contributed by atoms with van der Waals surface area (Å²) in [7, 11) is -11.6. The zero-order valence-electron chi connectivity index (χ0n) is 15.9. The maximum absolute atomic E-state index is 13.8. The maximum atomic E-state index is 13.8. The van der Waals surface area contributed by atoms with Crippen LogP contribution < -0.4 is 0 Å². The average molecular weight is 476 g/mol. The molecule has 0 spiro atoms. The molecule has 0 N–H and O–H groups in total. The van der Waals surface area contributed by atoms with Gasteiger partial charge in [0.1, 0.15) is 0 Å². The van der Waals surface area contributed by atoms with Crippen LogP contribution in [0.1, 0.15) is 33.6 Å². The predicted molar refractivity (Wildman–Crippen MR) is 89.2 cm³/mol. The van der Waals surface area contributed by atoms with Crippen molar-refractivity contribution < 1.29 is 57.9 Å². The van der Waals surface area contributed by atoms with Gasteiger partial charge in [0.05, 0.1) is 5.41 Å². The standard InChI is InChI=1S/C14H21F5O8S2/c1-5-12(2,3)11(21)26-7-9(20)27-8-13(15,16)6-10(28(4,22)23)29(24,25)14(17,18)19/h10H,5-8H2,1-4H3. The van der Waals surface area contributed by atoms with E-state index in [4.69, 9.17) is 0 Å². The summed E-state index contributed by atoms with van der Waals surface area (Å²) in [5.74, 6) is -6.76. The number of sulfone groups is 2. The molecule has 0 saturated heterocycles. The smallest absolute Gasteiger partial charge is 0.457 e. The minimum atomic E-state index is -6.49. The molecule has 0 aromatic carbocycles. The third-order valence-electron chi connectivity index (χ3n) is 3.81. The van der Waals surface area contributed by atoms with Gasteiger partial charge >= 0.3 is 17.4 Å². The third kappa shape index (κ3) is 8.03. The Labute approximate surface area is 164 Å². The molecule has 0 radical (unpaired) electrons. The van der Waals surface area contributed by atoms with E-state index in [0.717, 1.165) is 0 Å². The van der Waals surface area contributed by atoms with Crippen molar-refractivity contribution in [3.05, 3.63) is 0 Å². The van der Waals surface area contributed by atoms with Gasteiger partial charge in [0.15, 0.2) is 27.6 Å². The topological polar surface area (TPSA) is 121 Å². The lowest BCUT2D eigenvalue weighted by Crippen LogP contribution is -2.44. The summed E-state index contributed by atoms with van der Waals surface area (Å²) in [6.07, 6.45) is -1.90. The van der Waals surface area contributed by atoms with Crippen molar-refractivity contribution in [2.45, 2.75) is 49.6 Å². The molecule has 172 valence electrons. The Kier molecular flexibility index (Phi) is 8.63. The first-order valence-electron chi connectivity index (χ1n) is 7.87. The molecule has 0 heterocycles. The summed E-state index contributed by atoms with van der Waals surface area (Å²) in [5, 5.41) is 0. The van der Waals surface area contributed by atoms with E-state index in [9.17, 15) is 48.4 Å². The van der Waals surface area contributed by atoms with Crippen LogP contribution in [0.4, 0.5) is 22.0 Å². The molecule has 0 aliphatic heterocycles. The minimum Gasteiger partial charge on any atom is -0.457 e. The molecule has 0 rings (SSSR count). The third-order valence-corrected chi connectivity index (χ3v) is 8.25. The second-order valence-corrected chi connectivity index (χ2v) is 11.4. The van der Waals surface area contributed by atoms with E-state index in [1.165, 1.54) is 13.8 Å². The normalized spacial score (nSPS) is 14.9. The largest absolute Gasteiger partial charge is 0.498 e. The van der Waals surface area contributed by atoms with Gasteiger partial charge in [0, 0.05) is 12.7 Å². The summed E-state index contributed by atoms with van der Waals surface area (Å²) in [4.78, 5) is 23.0. The lowest BCUT2D eigenvalue weighted by molar-refractivity contribution is -0.170. The highest BCUT2D eigenvalue weighted by Gasteiger charge is 2.57. The molecular weight excluding hydrogens is 455 g/mol. The number of carbonyl (C=O) groups excluding carboxylic acids is 2. The molecule has 0 saturated carbocycles. The average Bonchev–Trinajstić information content (AvgIpc) is 2.53. The van der Waals surface area contributed by atoms with Gasteiger partial charge in [-0.3, -0.25) is 4.79 Å². The molecule has 8 nitrogen and oxygen atoms in total. The number of alkyl halides is 5. The fraction of sp³-hybridized carbons (Fsp3) is 0.857. The molecule has 0 aliphatic rings. The highest BCUT2D eigenvalue weighted by atomic mass is 32.3. The highest BCUT2D eigenvalue weighted by Crippen LogP contribution is 2.35. The van der Waals surface area contributed by atoms with Gasteiger partial charge in [-0.05, 0) is 20.3 Å². The van der Waals surface area contributed by atoms with E-state index in [1.54, 1.807) is 6.92 Å². The van der Waals surface area contributed by atoms with Crippen molar-refractivity contribution in [2.75, 3.05) is 19.5 Å². The van der Waals surface area contributed by atoms with Crippen molar-refractivity contribution in [1.82, 2.24) is 0 Å². The fourth-order valence-corrected chi connectivity index (χ4v) is 5.11. The first kappa shape index (κ1) is 27.5. The van der Waals surface area contributed by atoms with Gasteiger partial charge in [-0.1, -0.05) is 6.92 Å². The van der Waals surface area contributed by atoms with Gasteiger partial charge in [0.25, 0.3) is 15.8 Å². The Bertz CT molecular complexity index is 815. The Balaban J connectivity index is 5.14. The first-order chi connectivity index (χ1) is 12.7. The summed E-state index contributed by atoms with van der Waals surface area (Å²) in [6, 6.07) is 0. The van der Waals surface area contributed by atoms with Gasteiger partial charge in [-0.25, -0.2) is 30.4 Å². The van der Waals surface area contributed by atoms with E-state index >= 15 is 0 Å². The summed E-state index contributed by atoms with van der Waals surface area (Å²) in [5.41, 5.74) is -7.06. The van der Waals surface area contributed by atoms with Crippen LogP contribution in [0.2, 0.25) is 0 Å². The van der Waals surface area contributed by atoms with E-state index < -0.39 is 72.7 Å². The molecule has 0 bridgehead atoms. The maximum Gasteiger partial charge on any atom is 0.498 e. The molecule has 0 aromatic rings. The Morgan fingerprint density at radius 2 is 1.45 bits per heavy atom. The number of esters is 2. The molecule has 1 atom stereocenters. The molecule has 0 aromatic heterocycles. The summed E-state index contributed by atoms with van der Waals surface area (Å²) >= 11 is 0. The van der Waals surface area contributed by atoms with E-state index in [1.807, 2.05) is 0 Å². The predicted octanol–water partition coefficient (Wildman–Crippen LogP) is 1.84. The van der Waals surface area contributed by atoms with Crippen LogP contribution in [0, 0.1) is 5.41 Å². The summed E-state index contributed by atoms with van der Waals surface area (Å²) < 4.78 is 116. The number of ether oxygens (including phenoxy) is 2. The zero-order chi connectivity index (χ0) is 23.5. The lowest BCUT2D eigenvalue weighted by atomic mass is 9.91. The molecule has 15 heteroatoms. The monoisotopic (exact) mass is 476 g/mol. The van der Waals surface area contributed by atoms with E-state index in [2.05, 4.69) is 9.47 Å². The minimum absolute atomic E-state index is 0.0536. The van der Waals surface area contributed by atoms with Crippen molar-refractivity contribution in [1.29, 1.82) is 0 Å². The van der Waals surface area contributed by atoms with Crippen molar-refractivity contribution in [2.24, 2.45) is 5.41 Å². The number of halogens is 5. The van der Waals surface area contributed by atoms with Crippen LogP contribution in [-0.2, 0) is 38.7 Å². The second-order valence-electron chi connectivity index (χ2n) is 6.78. The molecule has 1 unspecified atom stereocenters. The molecule has 0 aliphatic carbocycles. The Hall–Kier alpha value is -1.51. The lowest BCUT2D eigenvalue weighted by Gasteiger charge is -2.23. The van der Waals surface area contributed by atoms with Crippen LogP contribution in [0.3, 0.4) is 0 Å². The Morgan fingerprint density at radius 3 is 1.83 bits per heavy atom. The van der Waals surface area contributed by atoms with Crippen LogP contribution in [0.5, 0.6) is 0 Å². The zero-order valence-corrected chi connectivity index (χ0v) is 17.5. The number of rotatable bonds is 10. The van der Waals surface area contributed by atoms with Crippen molar-refractivity contribution in [3.8, 4) is 0 Å². The molecule has 29 heavy (non-hydrogen) atoms. The van der Waals surface area contributed by atoms with Crippen LogP contribution in [-0.4, -0.2) is 64.3 Å². The number of hydrogen-bond acceptors (Lipinski definition) is 8. The van der Waals surface area contributed by atoms with Gasteiger partial charge in [0.2, 0.25) is 0 Å². The van der Waals surface area contributed by atoms with Gasteiger partial charge < -0.3 is 9.47 Å². The van der Waals surface area contributed by atoms with E-state index in [-0.39, 0.29) is 6.26 Å². The molecule has 0 amide bonds. The van der Waals surface area contributed by atoms with Crippen LogP contribution in [0.15, 0.2) is 0 Å². The Morgan fingerprint density at radius 1 is 0.966 bits per heavy atom. The van der Waals surface area contributed by atoms with Gasteiger partial charge in [-0.15, -0.1) is 0 Å². The van der Waals surface area contributed by atoms with Gasteiger partial charge in [-0.2, -0.15) is 13.2 Å². The second kappa shape index (κ2) is 9.10. The van der Waals surface area contributed by atoms with Crippen LogP contribution >= 0.6 is 0 Å². The highest BCUT2D eigenvalue weighted by molar-refractivity contribution is 8.09. The quantitative estimate of drug-likeness (QED) is 0.346. The SMILES string of the molecule is CCC(C)(C)C(=O)OCC(=O)OCC(F)(F)CC(S(C)(=O)=O)S(=O)(=O)C(F)(F)F.